The minimum atomic E-state index is -0.232. The molecule has 0 radical (unpaired) electrons. The average Bonchev–Trinajstić information content (AvgIpc) is 3.16. The average molecular weight is 352 g/mol. The van der Waals surface area contributed by atoms with Gasteiger partial charge in [0.15, 0.2) is 11.6 Å². The van der Waals surface area contributed by atoms with E-state index < -0.39 is 0 Å². The van der Waals surface area contributed by atoms with Gasteiger partial charge in [0.05, 0.1) is 9.81 Å². The lowest BCUT2D eigenvalue weighted by molar-refractivity contribution is -0.111. The summed E-state index contributed by atoms with van der Waals surface area (Å²) >= 11 is 3.18. The molecule has 0 saturated carbocycles. The van der Waals surface area contributed by atoms with Gasteiger partial charge in [-0.1, -0.05) is 66.7 Å². The zero-order chi connectivity index (χ0) is 16.8. The van der Waals surface area contributed by atoms with Crippen LogP contribution < -0.4 is 0 Å². The highest BCUT2D eigenvalue weighted by Crippen LogP contribution is 2.39. The second kappa shape index (κ2) is 8.18. The summed E-state index contributed by atoms with van der Waals surface area (Å²) in [5.74, 6) is 1.43. The molecule has 0 spiro atoms. The fraction of sp³-hybridized carbons (Fsp3) is 0.100. The van der Waals surface area contributed by atoms with Crippen molar-refractivity contribution in [2.45, 2.75) is 0 Å². The molecule has 0 N–H and O–H groups in total. The Labute approximate surface area is 150 Å². The molecule has 0 bridgehead atoms. The number of carbonyl (C=O) groups excluding carboxylic acids is 2. The molecule has 1 saturated heterocycles. The molecule has 0 atom stereocenters. The van der Waals surface area contributed by atoms with Gasteiger partial charge in [0.1, 0.15) is 0 Å². The van der Waals surface area contributed by atoms with Gasteiger partial charge >= 0.3 is 0 Å². The standard InChI is InChI=1S/C20H16O2S2/c21-17(12-11-15-7-3-1-4-8-15)18(20-23-13-14-24-20)19(22)16-9-5-2-6-10-16/h1-12H,13-14H2/b12-11+. The summed E-state index contributed by atoms with van der Waals surface area (Å²) in [7, 11) is 0. The van der Waals surface area contributed by atoms with Gasteiger partial charge in [0.25, 0.3) is 0 Å². The van der Waals surface area contributed by atoms with Gasteiger partial charge in [-0.25, -0.2) is 0 Å². The van der Waals surface area contributed by atoms with Crippen LogP contribution in [0.1, 0.15) is 15.9 Å². The smallest absolute Gasteiger partial charge is 0.198 e. The number of benzene rings is 2. The maximum atomic E-state index is 12.8. The van der Waals surface area contributed by atoms with Gasteiger partial charge in [0, 0.05) is 17.1 Å². The number of thioether (sulfide) groups is 2. The van der Waals surface area contributed by atoms with Gasteiger partial charge in [-0.2, -0.15) is 0 Å². The Kier molecular flexibility index (Phi) is 5.72. The van der Waals surface area contributed by atoms with Gasteiger partial charge < -0.3 is 0 Å². The van der Waals surface area contributed by atoms with E-state index in [-0.39, 0.29) is 11.6 Å². The van der Waals surface area contributed by atoms with E-state index in [0.717, 1.165) is 21.3 Å². The summed E-state index contributed by atoms with van der Waals surface area (Å²) in [5.41, 5.74) is 1.78. The predicted octanol–water partition coefficient (Wildman–Crippen LogP) is 4.84. The molecule has 0 amide bonds. The highest BCUT2D eigenvalue weighted by atomic mass is 32.2. The predicted molar refractivity (Wildman–Crippen MR) is 103 cm³/mol. The van der Waals surface area contributed by atoms with Crippen molar-refractivity contribution in [2.75, 3.05) is 11.5 Å². The first-order valence-corrected chi connectivity index (χ1v) is 9.60. The van der Waals surface area contributed by atoms with Crippen LogP contribution in [-0.4, -0.2) is 23.1 Å². The van der Waals surface area contributed by atoms with E-state index in [1.54, 1.807) is 41.7 Å². The molecule has 0 aromatic heterocycles. The zero-order valence-corrected chi connectivity index (χ0v) is 14.6. The van der Waals surface area contributed by atoms with Crippen molar-refractivity contribution < 1.29 is 9.59 Å². The van der Waals surface area contributed by atoms with Gasteiger partial charge in [0.2, 0.25) is 0 Å². The molecular formula is C20H16O2S2. The first kappa shape index (κ1) is 16.8. The van der Waals surface area contributed by atoms with Crippen LogP contribution in [0.4, 0.5) is 0 Å². The summed E-state index contributed by atoms with van der Waals surface area (Å²) < 4.78 is 0.839. The molecule has 120 valence electrons. The molecule has 1 aliphatic heterocycles. The van der Waals surface area contributed by atoms with Crippen LogP contribution in [0.5, 0.6) is 0 Å². The zero-order valence-electron chi connectivity index (χ0n) is 13.0. The summed E-state index contributed by atoms with van der Waals surface area (Å²) in [6.45, 7) is 0. The monoisotopic (exact) mass is 352 g/mol. The Morgan fingerprint density at radius 3 is 2.04 bits per heavy atom. The Balaban J connectivity index is 1.91. The molecule has 24 heavy (non-hydrogen) atoms. The van der Waals surface area contributed by atoms with E-state index in [2.05, 4.69) is 0 Å². The van der Waals surface area contributed by atoms with Crippen molar-refractivity contribution >= 4 is 41.2 Å². The Morgan fingerprint density at radius 2 is 1.42 bits per heavy atom. The maximum absolute atomic E-state index is 12.8. The molecule has 1 aliphatic rings. The number of rotatable bonds is 5. The molecule has 3 rings (SSSR count). The molecule has 1 heterocycles. The SMILES string of the molecule is O=C(/C=C/c1ccccc1)C(C(=O)c1ccccc1)=C1SCCS1. The number of hydrogen-bond donors (Lipinski definition) is 0. The second-order valence-electron chi connectivity index (χ2n) is 5.16. The number of allylic oxidation sites excluding steroid dienone is 2. The lowest BCUT2D eigenvalue weighted by Gasteiger charge is -2.07. The maximum Gasteiger partial charge on any atom is 0.198 e. The highest BCUT2D eigenvalue weighted by Gasteiger charge is 2.25. The molecule has 2 aromatic rings. The van der Waals surface area contributed by atoms with Gasteiger partial charge in [-0.3, -0.25) is 9.59 Å². The third-order valence-corrected chi connectivity index (χ3v) is 6.20. The molecule has 4 heteroatoms. The minimum Gasteiger partial charge on any atom is -0.289 e. The molecule has 0 aliphatic carbocycles. The number of hydrogen-bond acceptors (Lipinski definition) is 4. The number of carbonyl (C=O) groups is 2. The lowest BCUT2D eigenvalue weighted by Crippen LogP contribution is -2.12. The quantitative estimate of drug-likeness (QED) is 0.334. The van der Waals surface area contributed by atoms with Gasteiger partial charge in [-0.15, -0.1) is 23.5 Å². The Hall–Kier alpha value is -2.04. The van der Waals surface area contributed by atoms with Crippen LogP contribution in [-0.2, 0) is 4.79 Å². The third kappa shape index (κ3) is 4.08. The topological polar surface area (TPSA) is 34.1 Å². The van der Waals surface area contributed by atoms with Crippen molar-refractivity contribution in [1.29, 1.82) is 0 Å². The van der Waals surface area contributed by atoms with Crippen molar-refractivity contribution in [2.24, 2.45) is 0 Å². The van der Waals surface area contributed by atoms with E-state index in [0.29, 0.717) is 11.1 Å². The number of ketones is 2. The Bertz CT molecular complexity index is 785. The third-order valence-electron chi connectivity index (χ3n) is 3.49. The second-order valence-corrected chi connectivity index (χ2v) is 7.63. The summed E-state index contributed by atoms with van der Waals surface area (Å²) in [4.78, 5) is 25.6. The van der Waals surface area contributed by atoms with Gasteiger partial charge in [-0.05, 0) is 11.6 Å². The first-order chi connectivity index (χ1) is 11.8. The van der Waals surface area contributed by atoms with Crippen LogP contribution in [0.15, 0.2) is 76.5 Å². The summed E-state index contributed by atoms with van der Waals surface area (Å²) in [6.07, 6.45) is 3.25. The Morgan fingerprint density at radius 1 is 0.833 bits per heavy atom. The fourth-order valence-corrected chi connectivity index (χ4v) is 4.86. The molecule has 0 unspecified atom stereocenters. The van der Waals surface area contributed by atoms with E-state index in [1.807, 2.05) is 48.5 Å². The summed E-state index contributed by atoms with van der Waals surface area (Å²) in [6, 6.07) is 18.6. The molecular weight excluding hydrogens is 336 g/mol. The largest absolute Gasteiger partial charge is 0.289 e. The molecule has 2 aromatic carbocycles. The van der Waals surface area contributed by atoms with Crippen LogP contribution >= 0.6 is 23.5 Å². The van der Waals surface area contributed by atoms with E-state index in [9.17, 15) is 9.59 Å². The number of Topliss-reactive ketones (excluding diaryl/α,β-unsaturated/α-hetero) is 1. The van der Waals surface area contributed by atoms with Crippen molar-refractivity contribution in [3.05, 3.63) is 87.7 Å². The normalized spacial score (nSPS) is 14.1. The molecule has 1 fully saturated rings. The van der Waals surface area contributed by atoms with Crippen LogP contribution in [0.25, 0.3) is 6.08 Å². The van der Waals surface area contributed by atoms with Crippen molar-refractivity contribution in [3.8, 4) is 0 Å². The van der Waals surface area contributed by atoms with E-state index >= 15 is 0 Å². The van der Waals surface area contributed by atoms with Crippen LogP contribution in [0, 0.1) is 0 Å². The van der Waals surface area contributed by atoms with Crippen molar-refractivity contribution in [1.82, 2.24) is 0 Å². The van der Waals surface area contributed by atoms with Crippen LogP contribution in [0.2, 0.25) is 0 Å². The first-order valence-electron chi connectivity index (χ1n) is 7.63. The minimum absolute atomic E-state index is 0.199. The fourth-order valence-electron chi connectivity index (χ4n) is 2.31. The van der Waals surface area contributed by atoms with E-state index in [1.165, 1.54) is 6.08 Å². The summed E-state index contributed by atoms with van der Waals surface area (Å²) in [5, 5.41) is 0. The van der Waals surface area contributed by atoms with Crippen LogP contribution in [0.3, 0.4) is 0 Å². The molecule has 2 nitrogen and oxygen atoms in total. The van der Waals surface area contributed by atoms with Crippen molar-refractivity contribution in [3.63, 3.8) is 0 Å². The van der Waals surface area contributed by atoms with E-state index in [4.69, 9.17) is 0 Å². The highest BCUT2D eigenvalue weighted by molar-refractivity contribution is 8.25. The lowest BCUT2D eigenvalue weighted by atomic mass is 10.0.